The van der Waals surface area contributed by atoms with Gasteiger partial charge in [0.15, 0.2) is 0 Å². The molecule has 1 amide bonds. The summed E-state index contributed by atoms with van der Waals surface area (Å²) >= 11 is 0. The molecule has 7 nitrogen and oxygen atoms in total. The van der Waals surface area contributed by atoms with Gasteiger partial charge < -0.3 is 11.1 Å². The number of carbonyl (C=O) groups excluding carboxylic acids is 1. The third-order valence-electron chi connectivity index (χ3n) is 3.89. The Morgan fingerprint density at radius 3 is 2.46 bits per heavy atom. The number of nitrogens with zero attached hydrogens (tertiary/aromatic N) is 2. The van der Waals surface area contributed by atoms with Crippen molar-refractivity contribution in [3.63, 3.8) is 0 Å². The molecule has 0 spiro atoms. The van der Waals surface area contributed by atoms with Crippen molar-refractivity contribution in [1.82, 2.24) is 4.98 Å². The Morgan fingerprint density at radius 1 is 1.29 bits per heavy atom. The molecule has 1 aromatic heterocycles. The molecule has 0 saturated heterocycles. The molecule has 3 N–H and O–H groups in total. The highest BCUT2D eigenvalue weighted by atomic mass is 16.6. The molecule has 24 heavy (non-hydrogen) atoms. The summed E-state index contributed by atoms with van der Waals surface area (Å²) in [6.07, 6.45) is 4.23. The first-order valence-electron chi connectivity index (χ1n) is 7.75. The van der Waals surface area contributed by atoms with Crippen LogP contribution in [0.2, 0.25) is 0 Å². The van der Waals surface area contributed by atoms with Crippen molar-refractivity contribution < 1.29 is 9.72 Å². The summed E-state index contributed by atoms with van der Waals surface area (Å²) in [7, 11) is 0. The molecule has 1 heterocycles. The van der Waals surface area contributed by atoms with E-state index in [2.05, 4.69) is 10.3 Å². The van der Waals surface area contributed by atoms with Gasteiger partial charge in [-0.2, -0.15) is 0 Å². The van der Waals surface area contributed by atoms with E-state index >= 15 is 0 Å². The topological polar surface area (TPSA) is 111 Å². The van der Waals surface area contributed by atoms with Crippen molar-refractivity contribution in [2.75, 3.05) is 5.32 Å². The van der Waals surface area contributed by atoms with E-state index in [1.54, 1.807) is 25.4 Å². The molecule has 0 atom stereocenters. The van der Waals surface area contributed by atoms with Gasteiger partial charge in [-0.25, -0.2) is 0 Å². The standard InChI is InChI=1S/C17H20N4O3/c1-3-12-9-14(17(18)22)13(4-2)16(21(23)24)15(12)20-10-11-5-7-19-8-6-11/h5-9,20H,3-4,10H2,1-2H3,(H2,18,22). The predicted molar refractivity (Wildman–Crippen MR) is 91.9 cm³/mol. The van der Waals surface area contributed by atoms with Crippen LogP contribution < -0.4 is 11.1 Å². The third kappa shape index (κ3) is 3.51. The first kappa shape index (κ1) is 17.4. The van der Waals surface area contributed by atoms with Gasteiger partial charge in [0.25, 0.3) is 5.69 Å². The van der Waals surface area contributed by atoms with Crippen LogP contribution in [-0.4, -0.2) is 15.8 Å². The minimum absolute atomic E-state index is 0.0697. The molecule has 0 saturated carbocycles. The Balaban J connectivity index is 2.55. The number of aromatic nitrogens is 1. The third-order valence-corrected chi connectivity index (χ3v) is 3.89. The zero-order valence-electron chi connectivity index (χ0n) is 13.7. The van der Waals surface area contributed by atoms with E-state index in [1.807, 2.05) is 19.1 Å². The van der Waals surface area contributed by atoms with E-state index in [0.29, 0.717) is 36.2 Å². The average Bonchev–Trinajstić information content (AvgIpc) is 2.58. The molecule has 0 fully saturated rings. The van der Waals surface area contributed by atoms with Crippen molar-refractivity contribution >= 4 is 17.3 Å². The number of anilines is 1. The van der Waals surface area contributed by atoms with Crippen LogP contribution in [0.25, 0.3) is 0 Å². The molecule has 7 heteroatoms. The maximum Gasteiger partial charge on any atom is 0.296 e. The summed E-state index contributed by atoms with van der Waals surface area (Å²) in [6.45, 7) is 4.08. The molecule has 0 aliphatic carbocycles. The lowest BCUT2D eigenvalue weighted by atomic mass is 9.95. The van der Waals surface area contributed by atoms with Gasteiger partial charge in [-0.05, 0) is 42.2 Å². The second-order valence-corrected chi connectivity index (χ2v) is 5.32. The van der Waals surface area contributed by atoms with Crippen molar-refractivity contribution in [2.24, 2.45) is 5.73 Å². The van der Waals surface area contributed by atoms with E-state index in [1.165, 1.54) is 0 Å². The van der Waals surface area contributed by atoms with Gasteiger partial charge in [-0.15, -0.1) is 0 Å². The molecule has 0 unspecified atom stereocenters. The van der Waals surface area contributed by atoms with Crippen LogP contribution in [0.15, 0.2) is 30.6 Å². The average molecular weight is 328 g/mol. The van der Waals surface area contributed by atoms with Crippen molar-refractivity contribution in [1.29, 1.82) is 0 Å². The zero-order valence-corrected chi connectivity index (χ0v) is 13.7. The fraction of sp³-hybridized carbons (Fsp3) is 0.294. The summed E-state index contributed by atoms with van der Waals surface area (Å²) in [5, 5.41) is 14.8. The normalized spacial score (nSPS) is 10.4. The van der Waals surface area contributed by atoms with Crippen LogP contribution in [0.5, 0.6) is 0 Å². The predicted octanol–water partition coefficient (Wildman–Crippen LogP) is 2.83. The van der Waals surface area contributed by atoms with Crippen molar-refractivity contribution in [3.8, 4) is 0 Å². The summed E-state index contributed by atoms with van der Waals surface area (Å²) in [4.78, 5) is 26.9. The van der Waals surface area contributed by atoms with Gasteiger partial charge in [-0.1, -0.05) is 13.8 Å². The van der Waals surface area contributed by atoms with Gasteiger partial charge in [-0.3, -0.25) is 19.9 Å². The maximum atomic E-state index is 11.7. The number of amides is 1. The van der Waals surface area contributed by atoms with Gasteiger partial charge in [0.05, 0.1) is 4.92 Å². The number of benzene rings is 1. The van der Waals surface area contributed by atoms with Crippen LogP contribution in [0.1, 0.15) is 40.9 Å². The molecule has 1 aromatic carbocycles. The van der Waals surface area contributed by atoms with Gasteiger partial charge in [0.2, 0.25) is 5.91 Å². The highest BCUT2D eigenvalue weighted by Crippen LogP contribution is 2.36. The lowest BCUT2D eigenvalue weighted by Gasteiger charge is -2.16. The monoisotopic (exact) mass is 328 g/mol. The lowest BCUT2D eigenvalue weighted by molar-refractivity contribution is -0.384. The van der Waals surface area contributed by atoms with Crippen molar-refractivity contribution in [2.45, 2.75) is 33.2 Å². The number of hydrogen-bond acceptors (Lipinski definition) is 5. The number of nitro benzene ring substituents is 1. The number of nitrogens with two attached hydrogens (primary N) is 1. The number of pyridine rings is 1. The Kier molecular flexibility index (Phi) is 5.47. The first-order valence-corrected chi connectivity index (χ1v) is 7.75. The molecule has 0 aliphatic heterocycles. The highest BCUT2D eigenvalue weighted by molar-refractivity contribution is 5.97. The first-order chi connectivity index (χ1) is 11.5. The molecule has 126 valence electrons. The Hall–Kier alpha value is -2.96. The quantitative estimate of drug-likeness (QED) is 0.599. The second kappa shape index (κ2) is 7.54. The molecule has 0 aliphatic rings. The molecule has 2 rings (SSSR count). The smallest absolute Gasteiger partial charge is 0.296 e. The van der Waals surface area contributed by atoms with Crippen LogP contribution in [-0.2, 0) is 19.4 Å². The van der Waals surface area contributed by atoms with Crippen LogP contribution in [0.3, 0.4) is 0 Å². The summed E-state index contributed by atoms with van der Waals surface area (Å²) in [5.74, 6) is -0.648. The molecular weight excluding hydrogens is 308 g/mol. The lowest BCUT2D eigenvalue weighted by Crippen LogP contribution is -2.17. The van der Waals surface area contributed by atoms with Crippen molar-refractivity contribution in [3.05, 3.63) is 63.0 Å². The van der Waals surface area contributed by atoms with Gasteiger partial charge >= 0.3 is 0 Å². The molecular formula is C17H20N4O3. The maximum absolute atomic E-state index is 11.7. The minimum atomic E-state index is -0.648. The highest BCUT2D eigenvalue weighted by Gasteiger charge is 2.27. The molecule has 0 bridgehead atoms. The fourth-order valence-corrected chi connectivity index (χ4v) is 2.71. The van der Waals surface area contributed by atoms with E-state index in [-0.39, 0.29) is 11.3 Å². The van der Waals surface area contributed by atoms with Gasteiger partial charge in [0, 0.05) is 30.1 Å². The fourth-order valence-electron chi connectivity index (χ4n) is 2.71. The SMILES string of the molecule is CCc1cc(C(N)=O)c(CC)c([N+](=O)[O-])c1NCc1ccncc1. The molecule has 2 aromatic rings. The Labute approximate surface area is 140 Å². The number of rotatable bonds is 7. The number of primary amides is 1. The van der Waals surface area contributed by atoms with Crippen LogP contribution in [0, 0.1) is 10.1 Å². The minimum Gasteiger partial charge on any atom is -0.375 e. The number of carbonyl (C=O) groups is 1. The summed E-state index contributed by atoms with van der Waals surface area (Å²) in [5.41, 5.74) is 8.02. The van der Waals surface area contributed by atoms with E-state index in [9.17, 15) is 14.9 Å². The number of nitro groups is 1. The second-order valence-electron chi connectivity index (χ2n) is 5.32. The number of aryl methyl sites for hydroxylation is 1. The number of hydrogen-bond donors (Lipinski definition) is 2. The van der Waals surface area contributed by atoms with E-state index < -0.39 is 10.8 Å². The van der Waals surface area contributed by atoms with Crippen LogP contribution in [0.4, 0.5) is 11.4 Å². The van der Waals surface area contributed by atoms with Gasteiger partial charge in [0.1, 0.15) is 5.69 Å². The Morgan fingerprint density at radius 2 is 1.96 bits per heavy atom. The van der Waals surface area contributed by atoms with E-state index in [4.69, 9.17) is 5.73 Å². The van der Waals surface area contributed by atoms with Crippen LogP contribution >= 0.6 is 0 Å². The van der Waals surface area contributed by atoms with E-state index in [0.717, 1.165) is 5.56 Å². The summed E-state index contributed by atoms with van der Waals surface area (Å²) in [6, 6.07) is 5.33. The Bertz CT molecular complexity index is 760. The molecule has 0 radical (unpaired) electrons. The number of nitrogens with one attached hydrogen (secondary N) is 1. The summed E-state index contributed by atoms with van der Waals surface area (Å²) < 4.78 is 0. The zero-order chi connectivity index (χ0) is 17.7. The largest absolute Gasteiger partial charge is 0.375 e.